The van der Waals surface area contributed by atoms with Crippen LogP contribution in [0.3, 0.4) is 0 Å². The van der Waals surface area contributed by atoms with Gasteiger partial charge >= 0.3 is 12.1 Å². The molecule has 1 heterocycles. The second kappa shape index (κ2) is 15.3. The zero-order chi connectivity index (χ0) is 29.1. The molecular weight excluding hydrogens is 506 g/mol. The molecule has 0 unspecified atom stereocenters. The molecule has 10 heteroatoms. The number of ketones is 2. The molecule has 2 rings (SSSR count). The van der Waals surface area contributed by atoms with Crippen molar-refractivity contribution in [2.45, 2.75) is 78.0 Å². The van der Waals surface area contributed by atoms with Crippen LogP contribution >= 0.6 is 0 Å². The average molecular weight is 546 g/mol. The third-order valence-corrected chi connectivity index (χ3v) is 6.49. The lowest BCUT2D eigenvalue weighted by molar-refractivity contribution is -0.166. The molecule has 214 valence electrons. The smallest absolute Gasteiger partial charge is 0.417 e. The molecule has 2 amide bonds. The Labute approximate surface area is 229 Å². The Morgan fingerprint density at radius 1 is 1.13 bits per heavy atom. The molecule has 3 atom stereocenters. The fourth-order valence-corrected chi connectivity index (χ4v) is 4.37. The second-order valence-corrected chi connectivity index (χ2v) is 9.92. The summed E-state index contributed by atoms with van der Waals surface area (Å²) in [6, 6.07) is 6.48. The van der Waals surface area contributed by atoms with Crippen LogP contribution in [0.2, 0.25) is 0 Å². The van der Waals surface area contributed by atoms with Gasteiger partial charge in [0.05, 0.1) is 6.04 Å². The molecule has 1 aromatic carbocycles. The number of aliphatic hydroxyl groups excluding tert-OH is 1. The SMILES string of the molecule is CO[C@@H](C(=O)N1C(=O)OC[C@H]1C(C)C)[C@@H](OC(C)=O)C(=O)C=C(C(=O)CCCCCCO)c1cccc(C)c1. The number of unbranched alkanes of at least 4 members (excludes halogenated alkanes) is 3. The van der Waals surface area contributed by atoms with Crippen LogP contribution in [0, 0.1) is 12.8 Å². The van der Waals surface area contributed by atoms with E-state index < -0.39 is 42.0 Å². The van der Waals surface area contributed by atoms with Gasteiger partial charge < -0.3 is 19.3 Å². The van der Waals surface area contributed by atoms with E-state index in [1.54, 1.807) is 18.2 Å². The van der Waals surface area contributed by atoms with Gasteiger partial charge in [-0.05, 0) is 37.3 Å². The van der Waals surface area contributed by atoms with E-state index in [9.17, 15) is 24.0 Å². The number of rotatable bonds is 15. The Kier molecular flexibility index (Phi) is 12.5. The number of aryl methyl sites for hydroxylation is 1. The van der Waals surface area contributed by atoms with Gasteiger partial charge in [0.25, 0.3) is 5.91 Å². The Balaban J connectivity index is 2.44. The predicted octanol–water partition coefficient (Wildman–Crippen LogP) is 3.41. The maximum absolute atomic E-state index is 13.6. The summed E-state index contributed by atoms with van der Waals surface area (Å²) in [5, 5.41) is 8.97. The van der Waals surface area contributed by atoms with Crippen LogP contribution < -0.4 is 0 Å². The number of esters is 1. The van der Waals surface area contributed by atoms with Gasteiger partial charge in [0.2, 0.25) is 0 Å². The molecule has 1 saturated heterocycles. The van der Waals surface area contributed by atoms with Crippen molar-refractivity contribution in [3.63, 3.8) is 0 Å². The van der Waals surface area contributed by atoms with Crippen LogP contribution in [-0.4, -0.2) is 78.1 Å². The highest BCUT2D eigenvalue weighted by Gasteiger charge is 2.46. The molecule has 1 aliphatic heterocycles. The third kappa shape index (κ3) is 8.83. The second-order valence-electron chi connectivity index (χ2n) is 9.92. The first kappa shape index (κ1) is 31.8. The first-order valence-corrected chi connectivity index (χ1v) is 13.2. The summed E-state index contributed by atoms with van der Waals surface area (Å²) in [5.41, 5.74) is 1.50. The van der Waals surface area contributed by atoms with Gasteiger partial charge in [0.15, 0.2) is 23.8 Å². The summed E-state index contributed by atoms with van der Waals surface area (Å²) < 4.78 is 15.6. The normalized spacial score (nSPS) is 17.1. The van der Waals surface area contributed by atoms with Crippen molar-refractivity contribution in [1.29, 1.82) is 0 Å². The highest BCUT2D eigenvalue weighted by molar-refractivity contribution is 6.25. The van der Waals surface area contributed by atoms with Crippen LogP contribution in [-0.2, 0) is 33.4 Å². The van der Waals surface area contributed by atoms with E-state index in [0.717, 1.165) is 36.3 Å². The zero-order valence-corrected chi connectivity index (χ0v) is 23.3. The number of nitrogens with zero attached hydrogens (tertiary/aromatic N) is 1. The number of imide groups is 1. The van der Waals surface area contributed by atoms with Crippen LogP contribution in [0.15, 0.2) is 30.3 Å². The first-order valence-electron chi connectivity index (χ1n) is 13.2. The number of Topliss-reactive ketones (excluding diaryl/α,β-unsaturated/α-hetero) is 1. The minimum atomic E-state index is -1.74. The highest BCUT2D eigenvalue weighted by Crippen LogP contribution is 2.25. The lowest BCUT2D eigenvalue weighted by Gasteiger charge is -2.29. The minimum absolute atomic E-state index is 0.00489. The van der Waals surface area contributed by atoms with Gasteiger partial charge in [0, 0.05) is 32.6 Å². The average Bonchev–Trinajstić information content (AvgIpc) is 3.28. The molecule has 0 bridgehead atoms. The van der Waals surface area contributed by atoms with Crippen molar-refractivity contribution in [1.82, 2.24) is 4.90 Å². The van der Waals surface area contributed by atoms with Gasteiger partial charge in [-0.3, -0.25) is 19.2 Å². The van der Waals surface area contributed by atoms with Crippen LogP contribution in [0.25, 0.3) is 5.57 Å². The molecule has 1 aromatic rings. The fourth-order valence-electron chi connectivity index (χ4n) is 4.37. The molecule has 0 radical (unpaired) electrons. The van der Waals surface area contributed by atoms with Gasteiger partial charge in [-0.2, -0.15) is 0 Å². The number of allylic oxidation sites excluding steroid dienone is 1. The molecule has 39 heavy (non-hydrogen) atoms. The first-order chi connectivity index (χ1) is 18.5. The molecule has 1 aliphatic rings. The van der Waals surface area contributed by atoms with E-state index in [0.29, 0.717) is 18.4 Å². The molecule has 0 aliphatic carbocycles. The van der Waals surface area contributed by atoms with E-state index in [1.807, 2.05) is 26.8 Å². The van der Waals surface area contributed by atoms with Crippen molar-refractivity contribution < 1.29 is 43.3 Å². The maximum Gasteiger partial charge on any atom is 0.417 e. The number of aliphatic hydroxyl groups is 1. The summed E-state index contributed by atoms with van der Waals surface area (Å²) in [5.74, 6) is -2.97. The number of amides is 2. The van der Waals surface area contributed by atoms with Gasteiger partial charge in [-0.15, -0.1) is 0 Å². The van der Waals surface area contributed by atoms with Crippen LogP contribution in [0.4, 0.5) is 4.79 Å². The predicted molar refractivity (Wildman–Crippen MR) is 143 cm³/mol. The summed E-state index contributed by atoms with van der Waals surface area (Å²) in [4.78, 5) is 65.5. The standard InChI is InChI=1S/C29H39NO9/c1-18(2)23-17-38-29(36)30(23)28(35)27(37-5)26(39-20(4)32)25(34)16-22(21-12-10-11-19(3)15-21)24(33)13-8-6-7-9-14-31/h10-12,15-16,18,23,26-27,31H,6-9,13-14,17H2,1-5H3/t23-,26-,27+/m0/s1. The molecule has 0 spiro atoms. The lowest BCUT2D eigenvalue weighted by atomic mass is 9.93. The number of benzene rings is 1. The van der Waals surface area contributed by atoms with E-state index in [4.69, 9.17) is 19.3 Å². The van der Waals surface area contributed by atoms with Gasteiger partial charge in [-0.25, -0.2) is 9.69 Å². The lowest BCUT2D eigenvalue weighted by Crippen LogP contribution is -2.53. The van der Waals surface area contributed by atoms with Crippen molar-refractivity contribution in [2.75, 3.05) is 20.3 Å². The van der Waals surface area contributed by atoms with Crippen molar-refractivity contribution in [2.24, 2.45) is 5.92 Å². The summed E-state index contributed by atoms with van der Waals surface area (Å²) >= 11 is 0. The van der Waals surface area contributed by atoms with E-state index in [2.05, 4.69) is 0 Å². The van der Waals surface area contributed by atoms with Crippen LogP contribution in [0.1, 0.15) is 64.0 Å². The number of ether oxygens (including phenoxy) is 3. The molecule has 1 fully saturated rings. The molecule has 0 aromatic heterocycles. The quantitative estimate of drug-likeness (QED) is 0.200. The van der Waals surface area contributed by atoms with Crippen molar-refractivity contribution >= 4 is 35.1 Å². The number of hydrogen-bond donors (Lipinski definition) is 1. The summed E-state index contributed by atoms with van der Waals surface area (Å²) in [6.07, 6.45) is -0.283. The molecule has 0 saturated carbocycles. The molecule has 10 nitrogen and oxygen atoms in total. The Morgan fingerprint density at radius 3 is 2.41 bits per heavy atom. The number of hydrogen-bond acceptors (Lipinski definition) is 9. The van der Waals surface area contributed by atoms with E-state index in [-0.39, 0.29) is 36.9 Å². The Bertz CT molecular complexity index is 1080. The monoisotopic (exact) mass is 545 g/mol. The van der Waals surface area contributed by atoms with Gasteiger partial charge in [0.1, 0.15) is 6.61 Å². The number of carbonyl (C=O) groups is 5. The topological polar surface area (TPSA) is 137 Å². The van der Waals surface area contributed by atoms with Crippen molar-refractivity contribution in [3.8, 4) is 0 Å². The number of cyclic esters (lactones) is 1. The van der Waals surface area contributed by atoms with Crippen molar-refractivity contribution in [3.05, 3.63) is 41.5 Å². The Morgan fingerprint density at radius 2 is 1.82 bits per heavy atom. The largest absolute Gasteiger partial charge is 0.451 e. The number of methoxy groups -OCH3 is 1. The molecule has 1 N–H and O–H groups in total. The maximum atomic E-state index is 13.6. The van der Waals surface area contributed by atoms with Gasteiger partial charge in [-0.1, -0.05) is 56.5 Å². The summed E-state index contributed by atoms with van der Waals surface area (Å²) in [6.45, 7) is 6.65. The minimum Gasteiger partial charge on any atom is -0.451 e. The zero-order valence-electron chi connectivity index (χ0n) is 23.3. The molecular formula is C29H39NO9. The van der Waals surface area contributed by atoms with Crippen LogP contribution in [0.5, 0.6) is 0 Å². The van der Waals surface area contributed by atoms with E-state index >= 15 is 0 Å². The third-order valence-electron chi connectivity index (χ3n) is 6.49. The highest BCUT2D eigenvalue weighted by atomic mass is 16.6. The Hall–Kier alpha value is -3.37. The van der Waals surface area contributed by atoms with E-state index in [1.165, 1.54) is 7.11 Å². The summed E-state index contributed by atoms with van der Waals surface area (Å²) in [7, 11) is 1.17. The fraction of sp³-hybridized carbons (Fsp3) is 0.552. The number of carbonyl (C=O) groups excluding carboxylic acids is 5.